The van der Waals surface area contributed by atoms with Crippen LogP contribution in [0.25, 0.3) is 0 Å². The van der Waals surface area contributed by atoms with Gasteiger partial charge >= 0.3 is 0 Å². The lowest BCUT2D eigenvalue weighted by Crippen LogP contribution is -2.53. The molecule has 0 spiro atoms. The smallest absolute Gasteiger partial charge is 0.261 e. The first kappa shape index (κ1) is 13.7. The Bertz CT molecular complexity index is 661. The number of amides is 2. The lowest BCUT2D eigenvalue weighted by molar-refractivity contribution is -0.133. The van der Waals surface area contributed by atoms with Gasteiger partial charge in [0.05, 0.1) is 5.41 Å². The van der Waals surface area contributed by atoms with Gasteiger partial charge in [0, 0.05) is 11.8 Å². The van der Waals surface area contributed by atoms with Crippen LogP contribution in [0.15, 0.2) is 24.3 Å². The van der Waals surface area contributed by atoms with E-state index in [1.807, 2.05) is 0 Å². The van der Waals surface area contributed by atoms with Crippen LogP contribution < -0.4 is 0 Å². The zero-order valence-electron chi connectivity index (χ0n) is 11.0. The molecule has 1 aliphatic rings. The van der Waals surface area contributed by atoms with Gasteiger partial charge in [-0.3, -0.25) is 14.5 Å². The molecule has 0 aliphatic carbocycles. The highest BCUT2D eigenvalue weighted by Crippen LogP contribution is 2.34. The van der Waals surface area contributed by atoms with Gasteiger partial charge in [-0.05, 0) is 25.5 Å². The molecule has 1 aromatic rings. The number of nitrogens with zero attached hydrogens (tertiary/aromatic N) is 1. The molecule has 1 heterocycles. The molecular formula is C13H15NO4S. The minimum Gasteiger partial charge on any atom is -0.273 e. The number of sulfone groups is 1. The fraction of sp³-hybridized carbons (Fsp3) is 0.385. The molecular weight excluding hydrogens is 266 g/mol. The van der Waals surface area contributed by atoms with E-state index in [4.69, 9.17) is 0 Å². The predicted octanol–water partition coefficient (Wildman–Crippen LogP) is 0.949. The van der Waals surface area contributed by atoms with Gasteiger partial charge in [0.1, 0.15) is 5.88 Å². The van der Waals surface area contributed by atoms with Gasteiger partial charge in [-0.25, -0.2) is 8.42 Å². The van der Waals surface area contributed by atoms with Crippen molar-refractivity contribution in [2.45, 2.75) is 19.3 Å². The minimum atomic E-state index is -3.46. The van der Waals surface area contributed by atoms with Crippen molar-refractivity contribution in [2.24, 2.45) is 0 Å². The van der Waals surface area contributed by atoms with Crippen molar-refractivity contribution in [3.8, 4) is 0 Å². The molecule has 0 atom stereocenters. The first-order valence-corrected chi connectivity index (χ1v) is 7.84. The van der Waals surface area contributed by atoms with Crippen LogP contribution >= 0.6 is 0 Å². The quantitative estimate of drug-likeness (QED) is 0.757. The van der Waals surface area contributed by atoms with E-state index in [0.717, 1.165) is 11.2 Å². The summed E-state index contributed by atoms with van der Waals surface area (Å²) >= 11 is 0. The van der Waals surface area contributed by atoms with Crippen LogP contribution in [0.1, 0.15) is 29.8 Å². The molecule has 0 saturated heterocycles. The fourth-order valence-corrected chi connectivity index (χ4v) is 2.96. The number of carbonyl (C=O) groups excluding carboxylic acids is 2. The van der Waals surface area contributed by atoms with E-state index < -0.39 is 32.9 Å². The highest BCUT2D eigenvalue weighted by molar-refractivity contribution is 7.90. The van der Waals surface area contributed by atoms with Crippen molar-refractivity contribution in [1.82, 2.24) is 4.90 Å². The summed E-state index contributed by atoms with van der Waals surface area (Å²) < 4.78 is 22.7. The summed E-state index contributed by atoms with van der Waals surface area (Å²) in [5.74, 6) is -1.62. The molecule has 0 aromatic heterocycles. The summed E-state index contributed by atoms with van der Waals surface area (Å²) in [6.45, 7) is 3.38. The zero-order chi connectivity index (χ0) is 14.4. The molecule has 2 amide bonds. The third kappa shape index (κ3) is 2.28. The first-order chi connectivity index (χ1) is 8.64. The average Bonchev–Trinajstić information content (AvgIpc) is 2.31. The summed E-state index contributed by atoms with van der Waals surface area (Å²) in [5.41, 5.74) is 0.111. The van der Waals surface area contributed by atoms with Crippen molar-refractivity contribution in [3.63, 3.8) is 0 Å². The topological polar surface area (TPSA) is 71.5 Å². The van der Waals surface area contributed by atoms with E-state index in [9.17, 15) is 18.0 Å². The summed E-state index contributed by atoms with van der Waals surface area (Å²) in [5, 5.41) is 0. The van der Waals surface area contributed by atoms with Crippen LogP contribution in [0.3, 0.4) is 0 Å². The summed E-state index contributed by atoms with van der Waals surface area (Å²) in [6.07, 6.45) is 1.00. The molecule has 5 nitrogen and oxygen atoms in total. The highest BCUT2D eigenvalue weighted by atomic mass is 32.2. The van der Waals surface area contributed by atoms with Gasteiger partial charge in [0.25, 0.3) is 5.91 Å². The molecule has 0 bridgehead atoms. The average molecular weight is 281 g/mol. The Morgan fingerprint density at radius 2 is 1.74 bits per heavy atom. The van der Waals surface area contributed by atoms with Gasteiger partial charge in [-0.1, -0.05) is 18.2 Å². The zero-order valence-corrected chi connectivity index (χ0v) is 11.8. The Hall–Kier alpha value is -1.69. The number of carbonyl (C=O) groups is 2. The summed E-state index contributed by atoms with van der Waals surface area (Å²) in [7, 11) is -3.46. The van der Waals surface area contributed by atoms with Crippen molar-refractivity contribution in [2.75, 3.05) is 12.1 Å². The van der Waals surface area contributed by atoms with Gasteiger partial charge < -0.3 is 0 Å². The molecule has 2 rings (SSSR count). The molecule has 1 aromatic carbocycles. The van der Waals surface area contributed by atoms with Crippen molar-refractivity contribution >= 4 is 21.7 Å². The predicted molar refractivity (Wildman–Crippen MR) is 70.4 cm³/mol. The number of fused-ring (bicyclic) bond motifs is 1. The number of hydrogen-bond acceptors (Lipinski definition) is 4. The van der Waals surface area contributed by atoms with Crippen LogP contribution in [-0.2, 0) is 20.0 Å². The molecule has 0 fully saturated rings. The van der Waals surface area contributed by atoms with E-state index in [0.29, 0.717) is 11.1 Å². The number of rotatable bonds is 2. The molecule has 6 heteroatoms. The Morgan fingerprint density at radius 3 is 2.32 bits per heavy atom. The maximum Gasteiger partial charge on any atom is 0.261 e. The molecule has 19 heavy (non-hydrogen) atoms. The Balaban J connectivity index is 2.59. The molecule has 0 N–H and O–H groups in total. The minimum absolute atomic E-state index is 0.385. The molecule has 0 radical (unpaired) electrons. The maximum absolute atomic E-state index is 12.3. The SMILES string of the molecule is CC1(C)C(=O)N(CS(C)(=O)=O)C(=O)c2ccccc21. The van der Waals surface area contributed by atoms with Gasteiger partial charge in [-0.15, -0.1) is 0 Å². The Labute approximate surface area is 112 Å². The molecule has 0 saturated carbocycles. The fourth-order valence-electron chi connectivity index (χ4n) is 2.26. The second-order valence-electron chi connectivity index (χ2n) is 5.26. The van der Waals surface area contributed by atoms with E-state index in [1.165, 1.54) is 0 Å². The van der Waals surface area contributed by atoms with Crippen LogP contribution in [0.2, 0.25) is 0 Å². The van der Waals surface area contributed by atoms with Gasteiger partial charge in [-0.2, -0.15) is 0 Å². The second kappa shape index (κ2) is 4.16. The molecule has 102 valence electrons. The number of hydrogen-bond donors (Lipinski definition) is 0. The second-order valence-corrected chi connectivity index (χ2v) is 7.37. The van der Waals surface area contributed by atoms with E-state index >= 15 is 0 Å². The van der Waals surface area contributed by atoms with Crippen LogP contribution in [0, 0.1) is 0 Å². The monoisotopic (exact) mass is 281 g/mol. The Kier molecular flexibility index (Phi) is 3.01. The van der Waals surface area contributed by atoms with Gasteiger partial charge in [0.2, 0.25) is 5.91 Å². The lowest BCUT2D eigenvalue weighted by Gasteiger charge is -2.36. The number of imide groups is 1. The molecule has 0 unspecified atom stereocenters. The summed E-state index contributed by atoms with van der Waals surface area (Å²) in [6, 6.07) is 6.79. The normalized spacial score (nSPS) is 18.4. The standard InChI is InChI=1S/C13H15NO4S/c1-13(2)10-7-5-4-6-9(10)11(15)14(12(13)16)8-19(3,17)18/h4-7H,8H2,1-3H3. The maximum atomic E-state index is 12.3. The number of benzene rings is 1. The Morgan fingerprint density at radius 1 is 1.16 bits per heavy atom. The van der Waals surface area contributed by atoms with Crippen LogP contribution in [0.5, 0.6) is 0 Å². The third-order valence-corrected chi connectivity index (χ3v) is 3.95. The molecule has 1 aliphatic heterocycles. The van der Waals surface area contributed by atoms with Crippen LogP contribution in [0.4, 0.5) is 0 Å². The highest BCUT2D eigenvalue weighted by Gasteiger charge is 2.44. The summed E-state index contributed by atoms with van der Waals surface area (Å²) in [4.78, 5) is 25.4. The lowest BCUT2D eigenvalue weighted by atomic mass is 9.77. The first-order valence-electron chi connectivity index (χ1n) is 5.78. The van der Waals surface area contributed by atoms with Crippen molar-refractivity contribution in [3.05, 3.63) is 35.4 Å². The third-order valence-electron chi connectivity index (χ3n) is 3.22. The largest absolute Gasteiger partial charge is 0.273 e. The van der Waals surface area contributed by atoms with Crippen molar-refractivity contribution in [1.29, 1.82) is 0 Å². The van der Waals surface area contributed by atoms with Crippen molar-refractivity contribution < 1.29 is 18.0 Å². The van der Waals surface area contributed by atoms with Gasteiger partial charge in [0.15, 0.2) is 9.84 Å². The van der Waals surface area contributed by atoms with E-state index in [-0.39, 0.29) is 0 Å². The van der Waals surface area contributed by atoms with Crippen LogP contribution in [-0.4, -0.2) is 37.3 Å². The van der Waals surface area contributed by atoms with E-state index in [2.05, 4.69) is 0 Å². The van der Waals surface area contributed by atoms with E-state index in [1.54, 1.807) is 38.1 Å².